The Bertz CT molecular complexity index is 625. The molecule has 122 valence electrons. The van der Waals surface area contributed by atoms with Crippen LogP contribution < -0.4 is 0 Å². The first-order valence-corrected chi connectivity index (χ1v) is 7.46. The van der Waals surface area contributed by atoms with Gasteiger partial charge < -0.3 is 9.53 Å². The number of hydrogen-bond donors (Lipinski definition) is 0. The zero-order chi connectivity index (χ0) is 17.0. The van der Waals surface area contributed by atoms with E-state index >= 15 is 0 Å². The molecule has 1 aliphatic heterocycles. The third kappa shape index (κ3) is 3.83. The average molecular weight is 317 g/mol. The second kappa shape index (κ2) is 7.17. The lowest BCUT2D eigenvalue weighted by Gasteiger charge is -2.23. The van der Waals surface area contributed by atoms with Crippen LogP contribution in [0.4, 0.5) is 4.79 Å². The van der Waals surface area contributed by atoms with Gasteiger partial charge >= 0.3 is 6.09 Å². The summed E-state index contributed by atoms with van der Waals surface area (Å²) < 4.78 is 5.00. The lowest BCUT2D eigenvalue weighted by Crippen LogP contribution is -2.41. The van der Waals surface area contributed by atoms with Gasteiger partial charge in [-0.25, -0.2) is 9.69 Å². The fourth-order valence-electron chi connectivity index (χ4n) is 2.60. The number of nitrogens with zero attached hydrogens (tertiary/aromatic N) is 1. The molecule has 0 N–H and O–H groups in total. The van der Waals surface area contributed by atoms with Gasteiger partial charge in [-0.15, -0.1) is 0 Å². The Balaban J connectivity index is 2.24. The van der Waals surface area contributed by atoms with Crippen molar-refractivity contribution >= 4 is 23.6 Å². The van der Waals surface area contributed by atoms with Crippen molar-refractivity contribution in [1.29, 1.82) is 0 Å². The first kappa shape index (κ1) is 16.9. The number of imide groups is 1. The fourth-order valence-corrected chi connectivity index (χ4v) is 2.60. The third-order valence-electron chi connectivity index (χ3n) is 3.87. The number of rotatable bonds is 6. The average Bonchev–Trinajstić information content (AvgIpc) is 2.89. The van der Waals surface area contributed by atoms with E-state index in [1.807, 2.05) is 6.07 Å². The molecule has 1 heterocycles. The van der Waals surface area contributed by atoms with Crippen molar-refractivity contribution in [1.82, 2.24) is 4.90 Å². The van der Waals surface area contributed by atoms with Gasteiger partial charge in [0, 0.05) is 6.42 Å². The topological polar surface area (TPSA) is 80.8 Å². The molecule has 0 aliphatic carbocycles. The first-order valence-electron chi connectivity index (χ1n) is 7.46. The first-order chi connectivity index (χ1) is 10.9. The SMILES string of the molecule is CC(=O)CC[C@@H](C(C)=O)C(=O)N1C(=O)OC[C@H]1c1ccccc1. The molecule has 2 atom stereocenters. The molecular weight excluding hydrogens is 298 g/mol. The van der Waals surface area contributed by atoms with Crippen LogP contribution in [0.2, 0.25) is 0 Å². The fraction of sp³-hybridized carbons (Fsp3) is 0.412. The molecule has 1 aliphatic rings. The van der Waals surface area contributed by atoms with E-state index in [1.165, 1.54) is 13.8 Å². The smallest absolute Gasteiger partial charge is 0.417 e. The highest BCUT2D eigenvalue weighted by Crippen LogP contribution is 2.30. The monoisotopic (exact) mass is 317 g/mol. The van der Waals surface area contributed by atoms with Crippen LogP contribution in [-0.4, -0.2) is 35.1 Å². The second-order valence-electron chi connectivity index (χ2n) is 5.62. The molecule has 0 aromatic heterocycles. The van der Waals surface area contributed by atoms with E-state index in [2.05, 4.69) is 0 Å². The maximum atomic E-state index is 12.7. The lowest BCUT2D eigenvalue weighted by molar-refractivity contribution is -0.139. The summed E-state index contributed by atoms with van der Waals surface area (Å²) in [5.41, 5.74) is 0.764. The van der Waals surface area contributed by atoms with Crippen molar-refractivity contribution < 1.29 is 23.9 Å². The molecule has 0 unspecified atom stereocenters. The largest absolute Gasteiger partial charge is 0.446 e. The molecule has 6 heteroatoms. The molecule has 1 fully saturated rings. The number of amides is 2. The number of cyclic esters (lactones) is 1. The summed E-state index contributed by atoms with van der Waals surface area (Å²) in [6.07, 6.45) is -0.526. The Morgan fingerprint density at radius 3 is 2.43 bits per heavy atom. The summed E-state index contributed by atoms with van der Waals surface area (Å²) in [5.74, 6) is -2.07. The van der Waals surface area contributed by atoms with Gasteiger partial charge in [-0.3, -0.25) is 9.59 Å². The Hall–Kier alpha value is -2.50. The van der Waals surface area contributed by atoms with Gasteiger partial charge in [-0.1, -0.05) is 30.3 Å². The maximum absolute atomic E-state index is 12.7. The predicted octanol–water partition coefficient (Wildman–Crippen LogP) is 2.28. The summed E-state index contributed by atoms with van der Waals surface area (Å²) in [4.78, 5) is 48.6. The highest BCUT2D eigenvalue weighted by molar-refractivity contribution is 6.06. The molecule has 2 rings (SSSR count). The summed E-state index contributed by atoms with van der Waals surface area (Å²) in [5, 5.41) is 0. The van der Waals surface area contributed by atoms with Crippen molar-refractivity contribution in [3.8, 4) is 0 Å². The van der Waals surface area contributed by atoms with Gasteiger partial charge in [0.2, 0.25) is 5.91 Å². The molecule has 23 heavy (non-hydrogen) atoms. The number of benzene rings is 1. The van der Waals surface area contributed by atoms with E-state index in [-0.39, 0.29) is 31.0 Å². The zero-order valence-electron chi connectivity index (χ0n) is 13.2. The van der Waals surface area contributed by atoms with Crippen molar-refractivity contribution in [2.75, 3.05) is 6.61 Å². The minimum Gasteiger partial charge on any atom is -0.446 e. The molecule has 0 bridgehead atoms. The highest BCUT2D eigenvalue weighted by atomic mass is 16.6. The van der Waals surface area contributed by atoms with Gasteiger partial charge in [-0.2, -0.15) is 0 Å². The summed E-state index contributed by atoms with van der Waals surface area (Å²) in [6.45, 7) is 2.76. The van der Waals surface area contributed by atoms with Crippen LogP contribution >= 0.6 is 0 Å². The molecular formula is C17H19NO5. The lowest BCUT2D eigenvalue weighted by atomic mass is 9.95. The van der Waals surface area contributed by atoms with Crippen LogP contribution in [0.3, 0.4) is 0 Å². The maximum Gasteiger partial charge on any atom is 0.417 e. The summed E-state index contributed by atoms with van der Waals surface area (Å²) >= 11 is 0. The quantitative estimate of drug-likeness (QED) is 0.752. The Morgan fingerprint density at radius 2 is 1.87 bits per heavy atom. The van der Waals surface area contributed by atoms with Gasteiger partial charge in [0.05, 0.1) is 5.92 Å². The highest BCUT2D eigenvalue weighted by Gasteiger charge is 2.42. The van der Waals surface area contributed by atoms with Crippen LogP contribution in [0.15, 0.2) is 30.3 Å². The normalized spacial score (nSPS) is 18.4. The molecule has 6 nitrogen and oxygen atoms in total. The molecule has 2 amide bonds. The Morgan fingerprint density at radius 1 is 1.22 bits per heavy atom. The van der Waals surface area contributed by atoms with Crippen molar-refractivity contribution in [2.24, 2.45) is 5.92 Å². The zero-order valence-corrected chi connectivity index (χ0v) is 13.2. The van der Waals surface area contributed by atoms with Crippen LogP contribution in [0.5, 0.6) is 0 Å². The van der Waals surface area contributed by atoms with Gasteiger partial charge in [0.1, 0.15) is 24.2 Å². The van der Waals surface area contributed by atoms with Gasteiger partial charge in [0.25, 0.3) is 0 Å². The molecule has 0 saturated carbocycles. The molecule has 1 aromatic rings. The predicted molar refractivity (Wildman–Crippen MR) is 81.5 cm³/mol. The van der Waals surface area contributed by atoms with Crippen LogP contribution in [0.25, 0.3) is 0 Å². The van der Waals surface area contributed by atoms with Crippen LogP contribution in [0, 0.1) is 5.92 Å². The summed E-state index contributed by atoms with van der Waals surface area (Å²) in [6, 6.07) is 8.49. The molecule has 1 saturated heterocycles. The Labute approximate surface area is 134 Å². The number of hydrogen-bond acceptors (Lipinski definition) is 5. The molecule has 1 aromatic carbocycles. The van der Waals surface area contributed by atoms with E-state index < -0.39 is 24.0 Å². The number of ketones is 2. The minimum atomic E-state index is -1.00. The van der Waals surface area contributed by atoms with E-state index in [4.69, 9.17) is 4.74 Å². The number of carbonyl (C=O) groups is 4. The van der Waals surface area contributed by atoms with Crippen LogP contribution in [-0.2, 0) is 19.1 Å². The van der Waals surface area contributed by atoms with E-state index in [0.717, 1.165) is 10.5 Å². The van der Waals surface area contributed by atoms with E-state index in [1.54, 1.807) is 24.3 Å². The molecule has 0 spiro atoms. The number of Topliss-reactive ketones (excluding diaryl/α,β-unsaturated/α-hetero) is 2. The van der Waals surface area contributed by atoms with Crippen molar-refractivity contribution in [3.63, 3.8) is 0 Å². The summed E-state index contributed by atoms with van der Waals surface area (Å²) in [7, 11) is 0. The second-order valence-corrected chi connectivity index (χ2v) is 5.62. The van der Waals surface area contributed by atoms with E-state index in [0.29, 0.717) is 0 Å². The Kier molecular flexibility index (Phi) is 5.26. The standard InChI is InChI=1S/C17H19NO5/c1-11(19)8-9-14(12(2)20)16(21)18-15(10-23-17(18)22)13-6-4-3-5-7-13/h3-7,14-15H,8-10H2,1-2H3/t14-,15-/m0/s1. The van der Waals surface area contributed by atoms with Crippen molar-refractivity contribution in [2.45, 2.75) is 32.7 Å². The van der Waals surface area contributed by atoms with Gasteiger partial charge in [-0.05, 0) is 25.8 Å². The number of ether oxygens (including phenoxy) is 1. The van der Waals surface area contributed by atoms with Gasteiger partial charge in [0.15, 0.2) is 0 Å². The van der Waals surface area contributed by atoms with Crippen LogP contribution in [0.1, 0.15) is 38.3 Å². The third-order valence-corrected chi connectivity index (χ3v) is 3.87. The van der Waals surface area contributed by atoms with E-state index in [9.17, 15) is 19.2 Å². The number of carbonyl (C=O) groups excluding carboxylic acids is 4. The molecule has 0 radical (unpaired) electrons. The van der Waals surface area contributed by atoms with Crippen molar-refractivity contribution in [3.05, 3.63) is 35.9 Å². The minimum absolute atomic E-state index is 0.0614.